The number of halogens is 6. The van der Waals surface area contributed by atoms with Gasteiger partial charge in [0.2, 0.25) is 12.9 Å². The molecule has 0 atom stereocenters. The molecule has 0 radical (unpaired) electrons. The second-order valence-electron chi connectivity index (χ2n) is 6.61. The van der Waals surface area contributed by atoms with E-state index in [1.165, 1.54) is 36.4 Å². The van der Waals surface area contributed by atoms with Gasteiger partial charge in [0.15, 0.2) is 0 Å². The van der Waals surface area contributed by atoms with Crippen molar-refractivity contribution < 1.29 is 17.6 Å². The van der Waals surface area contributed by atoms with Crippen molar-refractivity contribution in [1.82, 2.24) is 0 Å². The van der Waals surface area contributed by atoms with Crippen molar-refractivity contribution in [2.75, 3.05) is 0 Å². The number of nitriles is 2. The van der Waals surface area contributed by atoms with E-state index in [-0.39, 0.29) is 43.4 Å². The van der Waals surface area contributed by atoms with E-state index in [4.69, 9.17) is 23.2 Å². The highest BCUT2D eigenvalue weighted by atomic mass is 35.5. The number of hydrogen-bond acceptors (Lipinski definition) is 2. The fourth-order valence-electron chi connectivity index (χ4n) is 3.40. The molecule has 0 saturated heterocycles. The molecule has 3 aromatic carbocycles. The zero-order valence-electron chi connectivity index (χ0n) is 15.2. The Morgan fingerprint density at radius 3 is 1.83 bits per heavy atom. The van der Waals surface area contributed by atoms with Crippen molar-refractivity contribution in [2.45, 2.75) is 25.7 Å². The van der Waals surface area contributed by atoms with Gasteiger partial charge in [-0.05, 0) is 45.7 Å². The first kappa shape index (κ1) is 21.9. The largest absolute Gasteiger partial charge is 0.242 e. The van der Waals surface area contributed by atoms with Gasteiger partial charge >= 0.3 is 0 Å². The van der Waals surface area contributed by atoms with E-state index < -0.39 is 25.7 Å². The van der Waals surface area contributed by atoms with Crippen LogP contribution in [-0.4, -0.2) is 12.9 Å². The minimum atomic E-state index is -2.68. The van der Waals surface area contributed by atoms with Crippen molar-refractivity contribution in [3.8, 4) is 23.3 Å². The van der Waals surface area contributed by atoms with Gasteiger partial charge in [-0.3, -0.25) is 0 Å². The molecule has 0 aliphatic carbocycles. The Bertz CT molecular complexity index is 1180. The minimum Gasteiger partial charge on any atom is -0.210 e. The molecule has 0 heterocycles. The summed E-state index contributed by atoms with van der Waals surface area (Å²) < 4.78 is 52.0. The number of benzene rings is 3. The quantitative estimate of drug-likeness (QED) is 0.386. The first-order valence-corrected chi connectivity index (χ1v) is 9.44. The van der Waals surface area contributed by atoms with Gasteiger partial charge in [0.1, 0.15) is 12.1 Å². The van der Waals surface area contributed by atoms with Crippen LogP contribution in [0.3, 0.4) is 0 Å². The Kier molecular flexibility index (Phi) is 6.51. The summed E-state index contributed by atoms with van der Waals surface area (Å²) in [5, 5.41) is 20.6. The molecule has 8 heteroatoms. The fraction of sp³-hybridized carbons (Fsp3) is 0.182. The van der Waals surface area contributed by atoms with Crippen LogP contribution in [0.4, 0.5) is 17.6 Å². The molecule has 152 valence electrons. The van der Waals surface area contributed by atoms with Crippen LogP contribution in [0.5, 0.6) is 0 Å². The zero-order chi connectivity index (χ0) is 22.0. The molecule has 3 rings (SSSR count). The molecule has 2 nitrogen and oxygen atoms in total. The lowest BCUT2D eigenvalue weighted by atomic mass is 9.88. The van der Waals surface area contributed by atoms with Gasteiger partial charge < -0.3 is 0 Å². The molecule has 0 amide bonds. The number of rotatable bonds is 5. The van der Waals surface area contributed by atoms with Gasteiger partial charge in [0.25, 0.3) is 0 Å². The minimum absolute atomic E-state index is 0.000540. The average molecular weight is 451 g/mol. The van der Waals surface area contributed by atoms with Gasteiger partial charge in [0.05, 0.1) is 21.2 Å². The molecule has 30 heavy (non-hydrogen) atoms. The predicted molar refractivity (Wildman–Crippen MR) is 108 cm³/mol. The SMILES string of the molecule is N#Cc1cc2cc(Cl)c(Cl)cc2c(-c2cc(CC(F)F)cc(CC(F)F)c2)c1C#N. The van der Waals surface area contributed by atoms with Gasteiger partial charge in [0, 0.05) is 18.4 Å². The van der Waals surface area contributed by atoms with Crippen LogP contribution >= 0.6 is 23.2 Å². The highest BCUT2D eigenvalue weighted by molar-refractivity contribution is 6.43. The van der Waals surface area contributed by atoms with Gasteiger partial charge in [-0.1, -0.05) is 41.4 Å². The van der Waals surface area contributed by atoms with Gasteiger partial charge in [-0.15, -0.1) is 0 Å². The molecule has 3 aromatic rings. The van der Waals surface area contributed by atoms with Crippen molar-refractivity contribution in [1.29, 1.82) is 10.5 Å². The number of hydrogen-bond donors (Lipinski definition) is 0. The normalized spacial score (nSPS) is 11.1. The smallest absolute Gasteiger partial charge is 0.210 e. The van der Waals surface area contributed by atoms with Crippen LogP contribution in [0.15, 0.2) is 36.4 Å². The van der Waals surface area contributed by atoms with Crippen LogP contribution in [0.2, 0.25) is 10.0 Å². The van der Waals surface area contributed by atoms with Crippen LogP contribution < -0.4 is 0 Å². The average Bonchev–Trinajstić information content (AvgIpc) is 2.66. The lowest BCUT2D eigenvalue weighted by Gasteiger charge is -2.15. The second kappa shape index (κ2) is 8.92. The van der Waals surface area contributed by atoms with Crippen molar-refractivity contribution >= 4 is 34.0 Å². The highest BCUT2D eigenvalue weighted by Crippen LogP contribution is 2.39. The number of nitrogens with zero attached hydrogens (tertiary/aromatic N) is 2. The molecule has 0 aliphatic rings. The molecule has 0 aromatic heterocycles. The zero-order valence-corrected chi connectivity index (χ0v) is 16.7. The molecule has 0 bridgehead atoms. The molecule has 0 N–H and O–H groups in total. The van der Waals surface area contributed by atoms with Crippen molar-refractivity contribution in [3.05, 3.63) is 68.7 Å². The maximum atomic E-state index is 13.0. The van der Waals surface area contributed by atoms with Crippen LogP contribution in [-0.2, 0) is 12.8 Å². The first-order valence-electron chi connectivity index (χ1n) is 8.69. The fourth-order valence-corrected chi connectivity index (χ4v) is 3.73. The number of alkyl halides is 4. The summed E-state index contributed by atoms with van der Waals surface area (Å²) >= 11 is 12.2. The van der Waals surface area contributed by atoms with Crippen LogP contribution in [0, 0.1) is 22.7 Å². The Labute approximate surface area is 179 Å². The van der Waals surface area contributed by atoms with Crippen LogP contribution in [0.25, 0.3) is 21.9 Å². The van der Waals surface area contributed by atoms with E-state index in [1.54, 1.807) is 0 Å². The Balaban J connectivity index is 2.41. The Hall–Kier alpha value is -2.80. The molecule has 0 fully saturated rings. The molecule has 0 aliphatic heterocycles. The summed E-state index contributed by atoms with van der Waals surface area (Å²) in [5.74, 6) is 0. The first-order chi connectivity index (χ1) is 14.2. The Morgan fingerprint density at radius 1 is 0.767 bits per heavy atom. The van der Waals surface area contributed by atoms with Crippen molar-refractivity contribution in [2.24, 2.45) is 0 Å². The Morgan fingerprint density at radius 2 is 1.33 bits per heavy atom. The summed E-state index contributed by atoms with van der Waals surface area (Å²) in [5.41, 5.74) is 0.890. The van der Waals surface area contributed by atoms with Crippen LogP contribution in [0.1, 0.15) is 22.3 Å². The predicted octanol–water partition coefficient (Wildman–Crippen LogP) is 7.17. The summed E-state index contributed by atoms with van der Waals surface area (Å²) in [6.07, 6.45) is -6.61. The third-order valence-electron chi connectivity index (χ3n) is 4.53. The summed E-state index contributed by atoms with van der Waals surface area (Å²) in [4.78, 5) is 0. The monoisotopic (exact) mass is 450 g/mol. The van der Waals surface area contributed by atoms with E-state index in [9.17, 15) is 28.1 Å². The molecular formula is C22H12Cl2F4N2. The molecule has 0 unspecified atom stereocenters. The summed E-state index contributed by atoms with van der Waals surface area (Å²) in [6.45, 7) is 0. The highest BCUT2D eigenvalue weighted by Gasteiger charge is 2.19. The lowest BCUT2D eigenvalue weighted by molar-refractivity contribution is 0.148. The lowest BCUT2D eigenvalue weighted by Crippen LogP contribution is -2.03. The van der Waals surface area contributed by atoms with E-state index in [1.807, 2.05) is 12.1 Å². The van der Waals surface area contributed by atoms with E-state index in [2.05, 4.69) is 0 Å². The maximum Gasteiger partial charge on any atom is 0.242 e. The maximum absolute atomic E-state index is 13.0. The number of fused-ring (bicyclic) bond motifs is 1. The second-order valence-corrected chi connectivity index (χ2v) is 7.43. The van der Waals surface area contributed by atoms with E-state index >= 15 is 0 Å². The summed E-state index contributed by atoms with van der Waals surface area (Å²) in [7, 11) is 0. The summed E-state index contributed by atoms with van der Waals surface area (Å²) in [6, 6.07) is 12.5. The van der Waals surface area contributed by atoms with Crippen molar-refractivity contribution in [3.63, 3.8) is 0 Å². The third kappa shape index (κ3) is 4.51. The standard InChI is InChI=1S/C22H12Cl2F4N2/c23-18-7-13-6-15(9-29)17(10-30)22(16(13)8-19(18)24)14-2-11(4-20(25)26)1-12(3-14)5-21(27)28/h1-3,6-8,20-21H,4-5H2. The van der Waals surface area contributed by atoms with Gasteiger partial charge in [-0.25, -0.2) is 17.6 Å². The third-order valence-corrected chi connectivity index (χ3v) is 5.26. The van der Waals surface area contributed by atoms with E-state index in [0.29, 0.717) is 10.8 Å². The molecular weight excluding hydrogens is 439 g/mol. The molecule has 0 spiro atoms. The topological polar surface area (TPSA) is 47.6 Å². The van der Waals surface area contributed by atoms with Gasteiger partial charge in [-0.2, -0.15) is 10.5 Å². The van der Waals surface area contributed by atoms with E-state index in [0.717, 1.165) is 0 Å². The molecule has 0 saturated carbocycles.